The lowest BCUT2D eigenvalue weighted by molar-refractivity contribution is 0.222. The minimum Gasteiger partial charge on any atom is -0.339 e. The van der Waals surface area contributed by atoms with Crippen LogP contribution in [0.15, 0.2) is 15.9 Å². The average molecular weight is 319 g/mol. The molecule has 2 aromatic rings. The maximum atomic E-state index is 12.6. The molecule has 3 heterocycles. The van der Waals surface area contributed by atoms with E-state index in [1.54, 1.807) is 4.57 Å². The molecule has 0 saturated carbocycles. The van der Waals surface area contributed by atoms with Gasteiger partial charge in [-0.05, 0) is 45.3 Å². The summed E-state index contributed by atoms with van der Waals surface area (Å²) in [4.78, 5) is 34.5. The van der Waals surface area contributed by atoms with Gasteiger partial charge in [0.15, 0.2) is 5.65 Å². The Labute approximate surface area is 134 Å². The topological polar surface area (TPSA) is 75.9 Å². The molecule has 1 N–H and O–H groups in total. The van der Waals surface area contributed by atoms with Crippen molar-refractivity contribution in [3.63, 3.8) is 0 Å². The summed E-state index contributed by atoms with van der Waals surface area (Å²) in [5.41, 5.74) is 0.397. The van der Waals surface area contributed by atoms with Gasteiger partial charge < -0.3 is 9.88 Å². The number of H-pyrrole nitrogens is 1. The zero-order valence-corrected chi connectivity index (χ0v) is 13.8. The van der Waals surface area contributed by atoms with Crippen molar-refractivity contribution in [2.24, 2.45) is 0 Å². The predicted octanol–water partition coefficient (Wildman–Crippen LogP) is 1.17. The Hall–Kier alpha value is -1.89. The lowest BCUT2D eigenvalue weighted by atomic mass is 10.1. The Morgan fingerprint density at radius 2 is 1.87 bits per heavy atom. The van der Waals surface area contributed by atoms with Crippen LogP contribution in [0, 0.1) is 0 Å². The molecule has 23 heavy (non-hydrogen) atoms. The number of likely N-dealkylation sites (tertiary alicyclic amines) is 1. The number of rotatable bonds is 6. The van der Waals surface area contributed by atoms with Crippen molar-refractivity contribution in [3.05, 3.63) is 27.2 Å². The number of nitrogens with zero attached hydrogens (tertiary/aromatic N) is 4. The first kappa shape index (κ1) is 16.0. The number of aromatic nitrogens is 4. The molecule has 0 amide bonds. The number of aryl methyl sites for hydroxylation is 1. The van der Waals surface area contributed by atoms with Gasteiger partial charge in [-0.1, -0.05) is 13.3 Å². The van der Waals surface area contributed by atoms with E-state index in [9.17, 15) is 9.59 Å². The molecular weight excluding hydrogens is 294 g/mol. The van der Waals surface area contributed by atoms with Gasteiger partial charge in [0.25, 0.3) is 5.56 Å². The Morgan fingerprint density at radius 3 is 2.61 bits per heavy atom. The lowest BCUT2D eigenvalue weighted by Gasteiger charge is -2.26. The van der Waals surface area contributed by atoms with Crippen LogP contribution in [0.1, 0.15) is 39.0 Å². The summed E-state index contributed by atoms with van der Waals surface area (Å²) >= 11 is 0. The predicted molar refractivity (Wildman–Crippen MR) is 89.8 cm³/mol. The Kier molecular flexibility index (Phi) is 4.95. The fourth-order valence-electron chi connectivity index (χ4n) is 3.37. The fraction of sp³-hybridized carbons (Fsp3) is 0.688. The van der Waals surface area contributed by atoms with E-state index in [2.05, 4.69) is 14.9 Å². The fourth-order valence-corrected chi connectivity index (χ4v) is 3.37. The Balaban J connectivity index is 1.83. The molecule has 0 aromatic carbocycles. The van der Waals surface area contributed by atoms with Crippen molar-refractivity contribution in [1.82, 2.24) is 24.0 Å². The quantitative estimate of drug-likeness (QED) is 0.867. The van der Waals surface area contributed by atoms with Gasteiger partial charge in [-0.15, -0.1) is 0 Å². The van der Waals surface area contributed by atoms with E-state index < -0.39 is 0 Å². The minimum atomic E-state index is -0.267. The first-order chi connectivity index (χ1) is 11.2. The number of hydrogen-bond acceptors (Lipinski definition) is 4. The molecule has 0 atom stereocenters. The lowest BCUT2D eigenvalue weighted by Crippen LogP contribution is -2.40. The molecule has 2 aromatic heterocycles. The minimum absolute atomic E-state index is 0.241. The molecule has 3 rings (SSSR count). The van der Waals surface area contributed by atoms with Gasteiger partial charge in [-0.2, -0.15) is 0 Å². The van der Waals surface area contributed by atoms with Crippen LogP contribution in [0.2, 0.25) is 0 Å². The zero-order valence-electron chi connectivity index (χ0n) is 13.8. The molecule has 126 valence electrons. The van der Waals surface area contributed by atoms with E-state index in [1.165, 1.54) is 30.2 Å². The number of nitrogens with one attached hydrogen (secondary N) is 1. The van der Waals surface area contributed by atoms with E-state index in [0.29, 0.717) is 24.3 Å². The SMILES string of the molecule is CCCn1c(=O)c2[nH]cnc2n(CCCN2CCCCC2)c1=O. The summed E-state index contributed by atoms with van der Waals surface area (Å²) in [6, 6.07) is 0. The summed E-state index contributed by atoms with van der Waals surface area (Å²) in [6.45, 7) is 6.30. The number of aromatic amines is 1. The smallest absolute Gasteiger partial charge is 0.332 e. The van der Waals surface area contributed by atoms with Crippen LogP contribution in [0.3, 0.4) is 0 Å². The van der Waals surface area contributed by atoms with Crippen molar-refractivity contribution in [2.75, 3.05) is 19.6 Å². The van der Waals surface area contributed by atoms with Crippen molar-refractivity contribution in [2.45, 2.75) is 52.1 Å². The summed E-state index contributed by atoms with van der Waals surface area (Å²) < 4.78 is 2.97. The highest BCUT2D eigenvalue weighted by atomic mass is 16.2. The van der Waals surface area contributed by atoms with Gasteiger partial charge in [-0.3, -0.25) is 13.9 Å². The van der Waals surface area contributed by atoms with Gasteiger partial charge in [0, 0.05) is 13.1 Å². The van der Waals surface area contributed by atoms with Crippen LogP contribution in [0.25, 0.3) is 11.2 Å². The van der Waals surface area contributed by atoms with E-state index in [4.69, 9.17) is 0 Å². The third-order valence-corrected chi connectivity index (χ3v) is 4.55. The van der Waals surface area contributed by atoms with Crippen molar-refractivity contribution in [1.29, 1.82) is 0 Å². The number of imidazole rings is 1. The standard InChI is InChI=1S/C16H25N5O2/c1-2-7-21-15(22)13-14(18-12-17-13)20(16(21)23)11-6-10-19-8-4-3-5-9-19/h12H,2-11H2,1H3,(H,17,18). The van der Waals surface area contributed by atoms with Crippen LogP contribution in [-0.2, 0) is 13.1 Å². The second-order valence-corrected chi connectivity index (χ2v) is 6.25. The highest BCUT2D eigenvalue weighted by Gasteiger charge is 2.15. The van der Waals surface area contributed by atoms with Crippen molar-refractivity contribution < 1.29 is 0 Å². The van der Waals surface area contributed by atoms with E-state index in [-0.39, 0.29) is 11.2 Å². The molecule has 7 nitrogen and oxygen atoms in total. The van der Waals surface area contributed by atoms with Crippen LogP contribution in [0.5, 0.6) is 0 Å². The summed E-state index contributed by atoms with van der Waals surface area (Å²) in [6.07, 6.45) is 7.00. The van der Waals surface area contributed by atoms with Crippen LogP contribution >= 0.6 is 0 Å². The summed E-state index contributed by atoms with van der Waals surface area (Å²) in [5.74, 6) is 0. The molecule has 0 bridgehead atoms. The second kappa shape index (κ2) is 7.12. The third-order valence-electron chi connectivity index (χ3n) is 4.55. The first-order valence-corrected chi connectivity index (χ1v) is 8.61. The molecule has 1 aliphatic rings. The second-order valence-electron chi connectivity index (χ2n) is 6.25. The highest BCUT2D eigenvalue weighted by molar-refractivity contribution is 5.68. The zero-order chi connectivity index (χ0) is 16.2. The largest absolute Gasteiger partial charge is 0.339 e. The molecular formula is C16H25N5O2. The highest BCUT2D eigenvalue weighted by Crippen LogP contribution is 2.09. The number of fused-ring (bicyclic) bond motifs is 1. The molecule has 1 aliphatic heterocycles. The average Bonchev–Trinajstić information content (AvgIpc) is 3.05. The van der Waals surface area contributed by atoms with Gasteiger partial charge in [0.1, 0.15) is 5.52 Å². The van der Waals surface area contributed by atoms with E-state index in [0.717, 1.165) is 32.5 Å². The molecule has 0 unspecified atom stereocenters. The number of hydrogen-bond donors (Lipinski definition) is 1. The van der Waals surface area contributed by atoms with E-state index in [1.807, 2.05) is 6.92 Å². The maximum Gasteiger partial charge on any atom is 0.332 e. The van der Waals surface area contributed by atoms with Crippen LogP contribution in [-0.4, -0.2) is 43.6 Å². The summed E-state index contributed by atoms with van der Waals surface area (Å²) in [7, 11) is 0. The Bertz CT molecular complexity index is 767. The Morgan fingerprint density at radius 1 is 1.09 bits per heavy atom. The van der Waals surface area contributed by atoms with Crippen molar-refractivity contribution in [3.8, 4) is 0 Å². The van der Waals surface area contributed by atoms with Crippen LogP contribution in [0.4, 0.5) is 0 Å². The van der Waals surface area contributed by atoms with Gasteiger partial charge in [0.05, 0.1) is 6.33 Å². The summed E-state index contributed by atoms with van der Waals surface area (Å²) in [5, 5.41) is 0. The van der Waals surface area contributed by atoms with Crippen molar-refractivity contribution >= 4 is 11.2 Å². The molecule has 7 heteroatoms. The number of piperidine rings is 1. The molecule has 1 fully saturated rings. The van der Waals surface area contributed by atoms with Gasteiger partial charge in [0.2, 0.25) is 0 Å². The molecule has 0 aliphatic carbocycles. The van der Waals surface area contributed by atoms with Crippen LogP contribution < -0.4 is 11.2 Å². The normalized spacial score (nSPS) is 16.2. The first-order valence-electron chi connectivity index (χ1n) is 8.61. The molecule has 1 saturated heterocycles. The van der Waals surface area contributed by atoms with E-state index >= 15 is 0 Å². The molecule has 0 radical (unpaired) electrons. The van der Waals surface area contributed by atoms with Gasteiger partial charge in [-0.25, -0.2) is 9.78 Å². The maximum absolute atomic E-state index is 12.6. The molecule has 0 spiro atoms. The monoisotopic (exact) mass is 319 g/mol. The van der Waals surface area contributed by atoms with Gasteiger partial charge >= 0.3 is 5.69 Å². The third kappa shape index (κ3) is 3.24.